The molecule has 0 atom stereocenters. The summed E-state index contributed by atoms with van der Waals surface area (Å²) in [6, 6.07) is 10.6. The van der Waals surface area contributed by atoms with E-state index in [1.807, 2.05) is 31.2 Å². The standard InChI is InChI=1S/C18H16BrNO5/c1-3-23-15-9-11(8-12(19)17(15)22-2)18(21)24-10-16-20-13-6-4-5-7-14(13)25-16/h4-9H,3,10H2,1-2H3. The first-order chi connectivity index (χ1) is 12.1. The van der Waals surface area contributed by atoms with Crippen LogP contribution in [0.1, 0.15) is 23.2 Å². The van der Waals surface area contributed by atoms with Gasteiger partial charge < -0.3 is 18.6 Å². The number of methoxy groups -OCH3 is 1. The molecule has 1 heterocycles. The molecule has 0 fully saturated rings. The van der Waals surface area contributed by atoms with Gasteiger partial charge in [0, 0.05) is 0 Å². The summed E-state index contributed by atoms with van der Waals surface area (Å²) in [5.41, 5.74) is 1.71. The summed E-state index contributed by atoms with van der Waals surface area (Å²) in [6.45, 7) is 2.25. The van der Waals surface area contributed by atoms with Crippen molar-refractivity contribution in [3.63, 3.8) is 0 Å². The number of fused-ring (bicyclic) bond motifs is 1. The maximum atomic E-state index is 12.3. The Balaban J connectivity index is 1.76. The number of aromatic nitrogens is 1. The van der Waals surface area contributed by atoms with Gasteiger partial charge in [0.15, 0.2) is 23.7 Å². The molecule has 0 aliphatic rings. The van der Waals surface area contributed by atoms with E-state index in [0.717, 1.165) is 5.52 Å². The van der Waals surface area contributed by atoms with Crippen molar-refractivity contribution < 1.29 is 23.4 Å². The van der Waals surface area contributed by atoms with Gasteiger partial charge in [-0.3, -0.25) is 0 Å². The number of halogens is 1. The van der Waals surface area contributed by atoms with Gasteiger partial charge >= 0.3 is 5.97 Å². The third kappa shape index (κ3) is 3.76. The SMILES string of the molecule is CCOc1cc(C(=O)OCc2nc3ccccc3o2)cc(Br)c1OC. The first-order valence-electron chi connectivity index (χ1n) is 7.64. The smallest absolute Gasteiger partial charge is 0.338 e. The number of rotatable bonds is 6. The minimum absolute atomic E-state index is 0.0544. The zero-order chi connectivity index (χ0) is 17.8. The first kappa shape index (κ1) is 17.3. The van der Waals surface area contributed by atoms with E-state index in [1.165, 1.54) is 7.11 Å². The van der Waals surface area contributed by atoms with Crippen LogP contribution in [-0.2, 0) is 11.3 Å². The Morgan fingerprint density at radius 1 is 1.28 bits per heavy atom. The van der Waals surface area contributed by atoms with Crippen LogP contribution in [0.5, 0.6) is 11.5 Å². The van der Waals surface area contributed by atoms with Gasteiger partial charge in [0.1, 0.15) is 5.52 Å². The van der Waals surface area contributed by atoms with Crippen LogP contribution >= 0.6 is 15.9 Å². The number of esters is 1. The molecule has 3 aromatic rings. The van der Waals surface area contributed by atoms with Crippen molar-refractivity contribution in [2.75, 3.05) is 13.7 Å². The molecule has 7 heteroatoms. The Morgan fingerprint density at radius 2 is 2.08 bits per heavy atom. The van der Waals surface area contributed by atoms with Crippen molar-refractivity contribution >= 4 is 33.0 Å². The highest BCUT2D eigenvalue weighted by Crippen LogP contribution is 2.36. The minimum Gasteiger partial charge on any atom is -0.492 e. The summed E-state index contributed by atoms with van der Waals surface area (Å²) in [6.07, 6.45) is 0. The molecule has 0 radical (unpaired) electrons. The topological polar surface area (TPSA) is 70.8 Å². The van der Waals surface area contributed by atoms with Crippen molar-refractivity contribution in [3.05, 3.63) is 52.3 Å². The zero-order valence-corrected chi connectivity index (χ0v) is 15.3. The average Bonchev–Trinajstić information content (AvgIpc) is 3.02. The van der Waals surface area contributed by atoms with Crippen molar-refractivity contribution in [1.82, 2.24) is 4.98 Å². The Kier molecular flexibility index (Phi) is 5.23. The van der Waals surface area contributed by atoms with Crippen molar-refractivity contribution in [2.24, 2.45) is 0 Å². The van der Waals surface area contributed by atoms with Gasteiger partial charge in [0.2, 0.25) is 5.89 Å². The van der Waals surface area contributed by atoms with E-state index < -0.39 is 5.97 Å². The highest BCUT2D eigenvalue weighted by Gasteiger charge is 2.17. The van der Waals surface area contributed by atoms with E-state index in [2.05, 4.69) is 20.9 Å². The average molecular weight is 406 g/mol. The van der Waals surface area contributed by atoms with Crippen LogP contribution < -0.4 is 9.47 Å². The molecule has 0 bridgehead atoms. The molecule has 6 nitrogen and oxygen atoms in total. The number of oxazole rings is 1. The van der Waals surface area contributed by atoms with Crippen LogP contribution in [0, 0.1) is 0 Å². The lowest BCUT2D eigenvalue weighted by Gasteiger charge is -2.12. The van der Waals surface area contributed by atoms with Crippen LogP contribution in [0.4, 0.5) is 0 Å². The lowest BCUT2D eigenvalue weighted by atomic mass is 10.2. The fourth-order valence-corrected chi connectivity index (χ4v) is 2.94. The van der Waals surface area contributed by atoms with Crippen molar-refractivity contribution in [3.8, 4) is 11.5 Å². The number of hydrogen-bond acceptors (Lipinski definition) is 6. The fourth-order valence-electron chi connectivity index (χ4n) is 2.34. The summed E-state index contributed by atoms with van der Waals surface area (Å²) in [5.74, 6) is 0.823. The van der Waals surface area contributed by atoms with E-state index in [0.29, 0.717) is 39.6 Å². The first-order valence-corrected chi connectivity index (χ1v) is 8.43. The molecular weight excluding hydrogens is 390 g/mol. The summed E-state index contributed by atoms with van der Waals surface area (Å²) >= 11 is 3.37. The number of carbonyl (C=O) groups is 1. The fraction of sp³-hybridized carbons (Fsp3) is 0.222. The number of carbonyl (C=O) groups excluding carboxylic acids is 1. The van der Waals surface area contributed by atoms with Crippen LogP contribution in [0.25, 0.3) is 11.1 Å². The maximum absolute atomic E-state index is 12.3. The van der Waals surface area contributed by atoms with Crippen molar-refractivity contribution in [2.45, 2.75) is 13.5 Å². The quantitative estimate of drug-likeness (QED) is 0.567. The maximum Gasteiger partial charge on any atom is 0.338 e. The minimum atomic E-state index is -0.508. The number of para-hydroxylation sites is 2. The molecule has 0 spiro atoms. The molecule has 0 aliphatic heterocycles. The third-order valence-corrected chi connectivity index (χ3v) is 4.00. The molecule has 0 aliphatic carbocycles. The molecule has 1 aromatic heterocycles. The zero-order valence-electron chi connectivity index (χ0n) is 13.7. The van der Waals surface area contributed by atoms with Crippen LogP contribution in [-0.4, -0.2) is 24.7 Å². The second-order valence-corrected chi connectivity index (χ2v) is 5.93. The normalized spacial score (nSPS) is 10.7. The molecular formula is C18H16BrNO5. The van der Waals surface area contributed by atoms with Crippen molar-refractivity contribution in [1.29, 1.82) is 0 Å². The highest BCUT2D eigenvalue weighted by atomic mass is 79.9. The van der Waals surface area contributed by atoms with E-state index >= 15 is 0 Å². The lowest BCUT2D eigenvalue weighted by molar-refractivity contribution is 0.0439. The Bertz CT molecular complexity index is 873. The molecule has 130 valence electrons. The second kappa shape index (κ2) is 7.57. The van der Waals surface area contributed by atoms with E-state index in [4.69, 9.17) is 18.6 Å². The van der Waals surface area contributed by atoms with Gasteiger partial charge in [-0.15, -0.1) is 0 Å². The monoisotopic (exact) mass is 405 g/mol. The number of ether oxygens (including phenoxy) is 3. The summed E-state index contributed by atoms with van der Waals surface area (Å²) in [5, 5.41) is 0. The van der Waals surface area contributed by atoms with E-state index in [-0.39, 0.29) is 6.61 Å². The van der Waals surface area contributed by atoms with Gasteiger partial charge in [-0.25, -0.2) is 9.78 Å². The predicted molar refractivity (Wildman–Crippen MR) is 95.0 cm³/mol. The summed E-state index contributed by atoms with van der Waals surface area (Å²) in [4.78, 5) is 16.6. The van der Waals surface area contributed by atoms with Gasteiger partial charge in [-0.1, -0.05) is 12.1 Å². The number of hydrogen-bond donors (Lipinski definition) is 0. The molecule has 2 aromatic carbocycles. The molecule has 0 saturated carbocycles. The molecule has 25 heavy (non-hydrogen) atoms. The highest BCUT2D eigenvalue weighted by molar-refractivity contribution is 9.10. The Hall–Kier alpha value is -2.54. The summed E-state index contributed by atoms with van der Waals surface area (Å²) in [7, 11) is 1.54. The van der Waals surface area contributed by atoms with Gasteiger partial charge in [-0.05, 0) is 47.1 Å². The second-order valence-electron chi connectivity index (χ2n) is 5.07. The Labute approximate surface area is 152 Å². The lowest BCUT2D eigenvalue weighted by Crippen LogP contribution is -2.07. The van der Waals surface area contributed by atoms with Crippen LogP contribution in [0.3, 0.4) is 0 Å². The predicted octanol–water partition coefficient (Wildman–Crippen LogP) is 4.35. The van der Waals surface area contributed by atoms with Gasteiger partial charge in [-0.2, -0.15) is 0 Å². The number of nitrogens with zero attached hydrogens (tertiary/aromatic N) is 1. The van der Waals surface area contributed by atoms with Gasteiger partial charge in [0.05, 0.1) is 23.8 Å². The Morgan fingerprint density at radius 3 is 2.80 bits per heavy atom. The molecule has 0 N–H and O–H groups in total. The van der Waals surface area contributed by atoms with Crippen LogP contribution in [0.15, 0.2) is 45.3 Å². The number of benzene rings is 2. The van der Waals surface area contributed by atoms with Crippen LogP contribution in [0.2, 0.25) is 0 Å². The van der Waals surface area contributed by atoms with E-state index in [1.54, 1.807) is 12.1 Å². The molecule has 3 rings (SSSR count). The van der Waals surface area contributed by atoms with Gasteiger partial charge in [0.25, 0.3) is 0 Å². The van der Waals surface area contributed by atoms with E-state index in [9.17, 15) is 4.79 Å². The largest absolute Gasteiger partial charge is 0.492 e. The summed E-state index contributed by atoms with van der Waals surface area (Å²) < 4.78 is 22.2. The third-order valence-electron chi connectivity index (χ3n) is 3.41. The molecule has 0 amide bonds. The molecule has 0 unspecified atom stereocenters. The molecule has 0 saturated heterocycles.